The summed E-state index contributed by atoms with van der Waals surface area (Å²) >= 11 is 0. The molecule has 2 heterocycles. The van der Waals surface area contributed by atoms with Crippen molar-refractivity contribution in [3.05, 3.63) is 95.1 Å². The van der Waals surface area contributed by atoms with Gasteiger partial charge >= 0.3 is 0 Å². The molecule has 1 unspecified atom stereocenters. The van der Waals surface area contributed by atoms with Gasteiger partial charge in [-0.3, -0.25) is 0 Å². The second-order valence-electron chi connectivity index (χ2n) is 7.43. The maximum Gasteiger partial charge on any atom is 0.157 e. The van der Waals surface area contributed by atoms with Gasteiger partial charge in [0.15, 0.2) is 11.9 Å². The van der Waals surface area contributed by atoms with Gasteiger partial charge in [-0.1, -0.05) is 42.0 Å². The molecular weight excluding hydrogens is 351 g/mol. The SMILES string of the molecule is Cc1ccc(Cn2c(C3CCc4cc(F)ccc4O3)nc3ccccc32)cc1. The van der Waals surface area contributed by atoms with Crippen molar-refractivity contribution in [3.8, 4) is 5.75 Å². The number of benzene rings is 3. The number of imidazole rings is 1. The number of rotatable bonds is 3. The van der Waals surface area contributed by atoms with Crippen LogP contribution in [-0.4, -0.2) is 9.55 Å². The van der Waals surface area contributed by atoms with E-state index < -0.39 is 0 Å². The molecule has 0 saturated heterocycles. The molecule has 4 aromatic rings. The van der Waals surface area contributed by atoms with Gasteiger partial charge in [-0.25, -0.2) is 9.37 Å². The molecule has 1 aliphatic rings. The quantitative estimate of drug-likeness (QED) is 0.468. The van der Waals surface area contributed by atoms with Crippen molar-refractivity contribution >= 4 is 11.0 Å². The molecule has 0 amide bonds. The highest BCUT2D eigenvalue weighted by Gasteiger charge is 2.27. The van der Waals surface area contributed by atoms with Crippen molar-refractivity contribution in [2.75, 3.05) is 0 Å². The lowest BCUT2D eigenvalue weighted by Gasteiger charge is -2.26. The minimum absolute atomic E-state index is 0.143. The first kappa shape index (κ1) is 17.0. The number of para-hydroxylation sites is 2. The lowest BCUT2D eigenvalue weighted by Crippen LogP contribution is -2.20. The predicted molar refractivity (Wildman–Crippen MR) is 108 cm³/mol. The van der Waals surface area contributed by atoms with Crippen molar-refractivity contribution in [2.24, 2.45) is 0 Å². The number of halogens is 1. The third-order valence-electron chi connectivity index (χ3n) is 5.40. The normalized spacial score (nSPS) is 16.0. The lowest BCUT2D eigenvalue weighted by atomic mass is 10.0. The van der Waals surface area contributed by atoms with Crippen LogP contribution in [0.15, 0.2) is 66.7 Å². The van der Waals surface area contributed by atoms with Gasteiger partial charge in [-0.2, -0.15) is 0 Å². The molecule has 140 valence electrons. The van der Waals surface area contributed by atoms with Crippen LogP contribution in [0.3, 0.4) is 0 Å². The number of hydrogen-bond donors (Lipinski definition) is 0. The molecule has 1 aromatic heterocycles. The van der Waals surface area contributed by atoms with Crippen molar-refractivity contribution in [3.63, 3.8) is 0 Å². The van der Waals surface area contributed by atoms with Gasteiger partial charge < -0.3 is 9.30 Å². The summed E-state index contributed by atoms with van der Waals surface area (Å²) < 4.78 is 22.0. The Labute approximate surface area is 163 Å². The van der Waals surface area contributed by atoms with E-state index in [4.69, 9.17) is 9.72 Å². The summed E-state index contributed by atoms with van der Waals surface area (Å²) in [6.07, 6.45) is 1.43. The molecule has 1 aliphatic heterocycles. The van der Waals surface area contributed by atoms with Gasteiger partial charge in [-0.05, 0) is 61.2 Å². The van der Waals surface area contributed by atoms with Crippen LogP contribution in [0.25, 0.3) is 11.0 Å². The summed E-state index contributed by atoms with van der Waals surface area (Å²) in [7, 11) is 0. The Morgan fingerprint density at radius 3 is 2.75 bits per heavy atom. The van der Waals surface area contributed by atoms with Crippen LogP contribution in [0.1, 0.15) is 35.0 Å². The smallest absolute Gasteiger partial charge is 0.157 e. The molecule has 3 aromatic carbocycles. The predicted octanol–water partition coefficient (Wildman–Crippen LogP) is 5.60. The zero-order valence-electron chi connectivity index (χ0n) is 15.7. The number of nitrogens with zero attached hydrogens (tertiary/aromatic N) is 2. The molecule has 3 nitrogen and oxygen atoms in total. The first-order chi connectivity index (χ1) is 13.7. The van der Waals surface area contributed by atoms with Crippen LogP contribution in [0, 0.1) is 12.7 Å². The molecule has 0 N–H and O–H groups in total. The van der Waals surface area contributed by atoms with Gasteiger partial charge in [0.1, 0.15) is 11.6 Å². The zero-order valence-corrected chi connectivity index (χ0v) is 15.7. The van der Waals surface area contributed by atoms with Crippen LogP contribution in [0.4, 0.5) is 4.39 Å². The molecule has 0 saturated carbocycles. The maximum absolute atomic E-state index is 13.5. The van der Waals surface area contributed by atoms with E-state index in [0.29, 0.717) is 0 Å². The Kier molecular flexibility index (Phi) is 4.12. The molecule has 0 bridgehead atoms. The third-order valence-corrected chi connectivity index (χ3v) is 5.40. The highest BCUT2D eigenvalue weighted by atomic mass is 19.1. The summed E-state index contributed by atoms with van der Waals surface area (Å²) in [5, 5.41) is 0. The van der Waals surface area contributed by atoms with E-state index in [1.54, 1.807) is 12.1 Å². The van der Waals surface area contributed by atoms with Crippen molar-refractivity contribution in [1.82, 2.24) is 9.55 Å². The first-order valence-corrected chi connectivity index (χ1v) is 9.63. The molecule has 1 atom stereocenters. The lowest BCUT2D eigenvalue weighted by molar-refractivity contribution is 0.163. The van der Waals surface area contributed by atoms with Gasteiger partial charge in [0.05, 0.1) is 11.0 Å². The summed E-state index contributed by atoms with van der Waals surface area (Å²) in [6, 6.07) is 21.5. The van der Waals surface area contributed by atoms with Gasteiger partial charge in [-0.15, -0.1) is 0 Å². The number of hydrogen-bond acceptors (Lipinski definition) is 2. The number of fused-ring (bicyclic) bond motifs is 2. The molecule has 28 heavy (non-hydrogen) atoms. The minimum atomic E-state index is -0.215. The fourth-order valence-electron chi connectivity index (χ4n) is 3.92. The Bertz CT molecular complexity index is 1150. The Morgan fingerprint density at radius 2 is 1.89 bits per heavy atom. The largest absolute Gasteiger partial charge is 0.482 e. The fourth-order valence-corrected chi connectivity index (χ4v) is 3.92. The van der Waals surface area contributed by atoms with Crippen molar-refractivity contribution in [1.29, 1.82) is 0 Å². The summed E-state index contributed by atoms with van der Waals surface area (Å²) in [4.78, 5) is 4.90. The molecule has 0 spiro atoms. The fraction of sp³-hybridized carbons (Fsp3) is 0.208. The first-order valence-electron chi connectivity index (χ1n) is 9.63. The van der Waals surface area contributed by atoms with Crippen LogP contribution >= 0.6 is 0 Å². The highest BCUT2D eigenvalue weighted by Crippen LogP contribution is 2.36. The van der Waals surface area contributed by atoms with E-state index in [-0.39, 0.29) is 11.9 Å². The standard InChI is InChI=1S/C24H21FN2O/c1-16-6-8-17(9-7-16)15-27-21-5-3-2-4-20(21)26-24(27)23-12-10-18-14-19(25)11-13-22(18)28-23/h2-9,11,13-14,23H,10,12,15H2,1H3. The maximum atomic E-state index is 13.5. The zero-order chi connectivity index (χ0) is 19.1. The topological polar surface area (TPSA) is 27.1 Å². The summed E-state index contributed by atoms with van der Waals surface area (Å²) in [5.41, 5.74) is 5.48. The summed E-state index contributed by atoms with van der Waals surface area (Å²) in [6.45, 7) is 2.84. The van der Waals surface area contributed by atoms with Gasteiger partial charge in [0.2, 0.25) is 0 Å². The van der Waals surface area contributed by atoms with E-state index in [9.17, 15) is 4.39 Å². The average molecular weight is 372 g/mol. The van der Waals surface area contributed by atoms with Crippen LogP contribution < -0.4 is 4.74 Å². The van der Waals surface area contributed by atoms with Crippen molar-refractivity contribution < 1.29 is 9.13 Å². The molecule has 5 rings (SSSR count). The summed E-state index contributed by atoms with van der Waals surface area (Å²) in [5.74, 6) is 1.47. The Morgan fingerprint density at radius 1 is 1.07 bits per heavy atom. The van der Waals surface area contributed by atoms with Gasteiger partial charge in [0.25, 0.3) is 0 Å². The van der Waals surface area contributed by atoms with E-state index >= 15 is 0 Å². The number of ether oxygens (including phenoxy) is 1. The second kappa shape index (κ2) is 6.79. The van der Waals surface area contributed by atoms with Crippen molar-refractivity contribution in [2.45, 2.75) is 32.4 Å². The van der Waals surface area contributed by atoms with Crippen LogP contribution in [-0.2, 0) is 13.0 Å². The van der Waals surface area contributed by atoms with E-state index in [1.165, 1.54) is 17.2 Å². The third kappa shape index (κ3) is 3.05. The van der Waals surface area contributed by atoms with E-state index in [1.807, 2.05) is 18.2 Å². The Balaban J connectivity index is 1.55. The highest BCUT2D eigenvalue weighted by molar-refractivity contribution is 5.76. The van der Waals surface area contributed by atoms with Gasteiger partial charge in [0, 0.05) is 6.54 Å². The van der Waals surface area contributed by atoms with Crippen LogP contribution in [0.5, 0.6) is 5.75 Å². The Hall–Kier alpha value is -3.14. The molecular formula is C24H21FN2O. The minimum Gasteiger partial charge on any atom is -0.482 e. The van der Waals surface area contributed by atoms with E-state index in [0.717, 1.165) is 47.6 Å². The number of aryl methyl sites for hydroxylation is 2. The number of aromatic nitrogens is 2. The van der Waals surface area contributed by atoms with Crippen LogP contribution in [0.2, 0.25) is 0 Å². The second-order valence-corrected chi connectivity index (χ2v) is 7.43. The molecule has 0 radical (unpaired) electrons. The molecule has 0 fully saturated rings. The average Bonchev–Trinajstić information content (AvgIpc) is 3.08. The van der Waals surface area contributed by atoms with E-state index in [2.05, 4.69) is 41.8 Å². The monoisotopic (exact) mass is 372 g/mol. The molecule has 0 aliphatic carbocycles. The molecule has 4 heteroatoms.